The first kappa shape index (κ1) is 20.9. The number of ether oxygens (including phenoxy) is 3. The summed E-state index contributed by atoms with van der Waals surface area (Å²) in [5.74, 6) is -0.783. The number of hydrogen-bond donors (Lipinski definition) is 1. The number of amides is 1. The lowest BCUT2D eigenvalue weighted by Crippen LogP contribution is -2.21. The van der Waals surface area contributed by atoms with Crippen LogP contribution < -0.4 is 14.8 Å². The summed E-state index contributed by atoms with van der Waals surface area (Å²) in [4.78, 5) is 24.2. The summed E-state index contributed by atoms with van der Waals surface area (Å²) in [5, 5.41) is 2.51. The minimum absolute atomic E-state index is 0.216. The van der Waals surface area contributed by atoms with Crippen molar-refractivity contribution in [1.29, 1.82) is 0 Å². The minimum atomic E-state index is -0.683. The maximum atomic E-state index is 12.9. The third-order valence-electron chi connectivity index (χ3n) is 4.10. The molecule has 0 aromatic heterocycles. The van der Waals surface area contributed by atoms with Gasteiger partial charge in [0.25, 0.3) is 5.91 Å². The fourth-order valence-electron chi connectivity index (χ4n) is 2.59. The first-order valence-electron chi connectivity index (χ1n) is 9.12. The summed E-state index contributed by atoms with van der Waals surface area (Å²) in [5.41, 5.74) is 1.61. The lowest BCUT2D eigenvalue weighted by molar-refractivity contribution is -0.119. The topological polar surface area (TPSA) is 73.9 Å². The highest BCUT2D eigenvalue weighted by Gasteiger charge is 2.14. The second kappa shape index (κ2) is 10.1. The van der Waals surface area contributed by atoms with E-state index in [2.05, 4.69) is 5.32 Å². The van der Waals surface area contributed by atoms with Crippen LogP contribution in [0.2, 0.25) is 0 Å². The fraction of sp³-hybridized carbons (Fsp3) is 0.130. The van der Waals surface area contributed by atoms with E-state index in [1.54, 1.807) is 6.07 Å². The molecule has 3 aromatic carbocycles. The van der Waals surface area contributed by atoms with E-state index in [1.807, 2.05) is 30.3 Å². The highest BCUT2D eigenvalue weighted by Crippen LogP contribution is 2.29. The molecule has 30 heavy (non-hydrogen) atoms. The minimum Gasteiger partial charge on any atom is -0.493 e. The molecular formula is C23H20FNO5. The van der Waals surface area contributed by atoms with Gasteiger partial charge in [-0.3, -0.25) is 4.79 Å². The number of rotatable bonds is 8. The molecule has 0 saturated heterocycles. The lowest BCUT2D eigenvalue weighted by atomic mass is 10.2. The van der Waals surface area contributed by atoms with Gasteiger partial charge in [0, 0.05) is 5.69 Å². The van der Waals surface area contributed by atoms with Gasteiger partial charge in [-0.05, 0) is 48.0 Å². The molecule has 0 fully saturated rings. The van der Waals surface area contributed by atoms with Crippen LogP contribution in [-0.4, -0.2) is 25.6 Å². The Morgan fingerprint density at radius 1 is 0.933 bits per heavy atom. The van der Waals surface area contributed by atoms with Crippen LogP contribution in [0.15, 0.2) is 72.8 Å². The van der Waals surface area contributed by atoms with E-state index in [9.17, 15) is 14.0 Å². The fourth-order valence-corrected chi connectivity index (χ4v) is 2.59. The van der Waals surface area contributed by atoms with Gasteiger partial charge in [0.05, 0.1) is 12.7 Å². The van der Waals surface area contributed by atoms with E-state index in [1.165, 1.54) is 43.5 Å². The van der Waals surface area contributed by atoms with Crippen LogP contribution in [0, 0.1) is 5.82 Å². The number of benzene rings is 3. The Hall–Kier alpha value is -3.87. The molecule has 3 rings (SSSR count). The predicted octanol–water partition coefficient (Wildman–Crippen LogP) is 4.21. The molecule has 0 atom stereocenters. The largest absolute Gasteiger partial charge is 0.493 e. The molecule has 1 amide bonds. The van der Waals surface area contributed by atoms with Crippen LogP contribution in [0.4, 0.5) is 10.1 Å². The molecule has 0 radical (unpaired) electrons. The lowest BCUT2D eigenvalue weighted by Gasteiger charge is -2.12. The molecule has 0 spiro atoms. The molecule has 6 nitrogen and oxygen atoms in total. The second-order valence-corrected chi connectivity index (χ2v) is 6.27. The number of esters is 1. The Labute approximate surface area is 173 Å². The van der Waals surface area contributed by atoms with E-state index in [0.29, 0.717) is 23.8 Å². The maximum Gasteiger partial charge on any atom is 0.338 e. The predicted molar refractivity (Wildman–Crippen MR) is 109 cm³/mol. The van der Waals surface area contributed by atoms with Gasteiger partial charge in [0.2, 0.25) is 0 Å². The van der Waals surface area contributed by atoms with Crippen molar-refractivity contribution in [2.75, 3.05) is 19.0 Å². The molecule has 3 aromatic rings. The highest BCUT2D eigenvalue weighted by atomic mass is 19.1. The van der Waals surface area contributed by atoms with Gasteiger partial charge in [-0.1, -0.05) is 30.3 Å². The Bertz CT molecular complexity index is 1010. The molecule has 0 unspecified atom stereocenters. The maximum absolute atomic E-state index is 12.9. The molecule has 0 aliphatic carbocycles. The highest BCUT2D eigenvalue weighted by molar-refractivity contribution is 5.95. The average molecular weight is 409 g/mol. The Kier molecular flexibility index (Phi) is 7.00. The average Bonchev–Trinajstić information content (AvgIpc) is 2.78. The van der Waals surface area contributed by atoms with Crippen molar-refractivity contribution >= 4 is 17.6 Å². The van der Waals surface area contributed by atoms with Crippen molar-refractivity contribution in [3.63, 3.8) is 0 Å². The van der Waals surface area contributed by atoms with Crippen LogP contribution in [0.3, 0.4) is 0 Å². The van der Waals surface area contributed by atoms with Gasteiger partial charge >= 0.3 is 5.97 Å². The molecule has 0 saturated carbocycles. The van der Waals surface area contributed by atoms with Crippen molar-refractivity contribution in [3.05, 3.63) is 89.7 Å². The Balaban J connectivity index is 1.56. The number of halogens is 1. The SMILES string of the molecule is COc1cc(C(=O)OCC(=O)Nc2ccc(F)cc2)ccc1OCc1ccccc1. The van der Waals surface area contributed by atoms with E-state index in [4.69, 9.17) is 14.2 Å². The molecular weight excluding hydrogens is 389 g/mol. The molecule has 7 heteroatoms. The quantitative estimate of drug-likeness (QED) is 0.564. The zero-order valence-corrected chi connectivity index (χ0v) is 16.3. The number of methoxy groups -OCH3 is 1. The monoisotopic (exact) mass is 409 g/mol. The number of anilines is 1. The second-order valence-electron chi connectivity index (χ2n) is 6.27. The number of nitrogens with one attached hydrogen (secondary N) is 1. The third-order valence-corrected chi connectivity index (χ3v) is 4.10. The standard InChI is InChI=1S/C23H20FNO5/c1-28-21-13-17(7-12-20(21)29-14-16-5-3-2-4-6-16)23(27)30-15-22(26)25-19-10-8-18(24)9-11-19/h2-13H,14-15H2,1H3,(H,25,26). The van der Waals surface area contributed by atoms with Crippen molar-refractivity contribution < 1.29 is 28.2 Å². The molecule has 0 aliphatic heterocycles. The first-order valence-corrected chi connectivity index (χ1v) is 9.12. The Morgan fingerprint density at radius 3 is 2.37 bits per heavy atom. The smallest absolute Gasteiger partial charge is 0.338 e. The summed E-state index contributed by atoms with van der Waals surface area (Å²) in [6.07, 6.45) is 0. The van der Waals surface area contributed by atoms with Gasteiger partial charge < -0.3 is 19.5 Å². The molecule has 0 bridgehead atoms. The zero-order valence-electron chi connectivity index (χ0n) is 16.3. The normalized spacial score (nSPS) is 10.2. The van der Waals surface area contributed by atoms with Crippen molar-refractivity contribution in [3.8, 4) is 11.5 Å². The molecule has 154 valence electrons. The third kappa shape index (κ3) is 5.81. The summed E-state index contributed by atoms with van der Waals surface area (Å²) in [6, 6.07) is 19.5. The summed E-state index contributed by atoms with van der Waals surface area (Å²) >= 11 is 0. The number of carbonyl (C=O) groups is 2. The number of hydrogen-bond acceptors (Lipinski definition) is 5. The van der Waals surface area contributed by atoms with E-state index < -0.39 is 24.3 Å². The van der Waals surface area contributed by atoms with Gasteiger partial charge in [0.15, 0.2) is 18.1 Å². The van der Waals surface area contributed by atoms with Crippen molar-refractivity contribution in [2.45, 2.75) is 6.61 Å². The van der Waals surface area contributed by atoms with Gasteiger partial charge in [0.1, 0.15) is 12.4 Å². The van der Waals surface area contributed by atoms with Crippen molar-refractivity contribution in [1.82, 2.24) is 0 Å². The molecule has 1 N–H and O–H groups in total. The summed E-state index contributed by atoms with van der Waals surface area (Å²) < 4.78 is 29.0. The van der Waals surface area contributed by atoms with Gasteiger partial charge in [-0.15, -0.1) is 0 Å². The first-order chi connectivity index (χ1) is 14.5. The van der Waals surface area contributed by atoms with E-state index >= 15 is 0 Å². The Morgan fingerprint density at radius 2 is 1.67 bits per heavy atom. The summed E-state index contributed by atoms with van der Waals surface area (Å²) in [6.45, 7) is -0.130. The van der Waals surface area contributed by atoms with Crippen LogP contribution in [0.25, 0.3) is 0 Å². The van der Waals surface area contributed by atoms with Gasteiger partial charge in [-0.2, -0.15) is 0 Å². The van der Waals surface area contributed by atoms with Crippen LogP contribution in [0.1, 0.15) is 15.9 Å². The van der Waals surface area contributed by atoms with Crippen LogP contribution >= 0.6 is 0 Å². The van der Waals surface area contributed by atoms with Gasteiger partial charge in [-0.25, -0.2) is 9.18 Å². The van der Waals surface area contributed by atoms with E-state index in [0.717, 1.165) is 5.56 Å². The summed E-state index contributed by atoms with van der Waals surface area (Å²) in [7, 11) is 1.47. The molecule has 0 aliphatic rings. The molecule has 0 heterocycles. The van der Waals surface area contributed by atoms with E-state index in [-0.39, 0.29) is 5.56 Å². The van der Waals surface area contributed by atoms with Crippen molar-refractivity contribution in [2.24, 2.45) is 0 Å². The van der Waals surface area contributed by atoms with Crippen LogP contribution in [-0.2, 0) is 16.1 Å². The number of carbonyl (C=O) groups excluding carboxylic acids is 2. The zero-order chi connectivity index (χ0) is 21.3. The van der Waals surface area contributed by atoms with Crippen LogP contribution in [0.5, 0.6) is 11.5 Å².